The van der Waals surface area contributed by atoms with Crippen molar-refractivity contribution in [3.8, 4) is 28.5 Å². The Kier molecular flexibility index (Phi) is 2.97. The van der Waals surface area contributed by atoms with Crippen LogP contribution in [0.3, 0.4) is 0 Å². The van der Waals surface area contributed by atoms with Crippen molar-refractivity contribution in [2.24, 2.45) is 0 Å². The second-order valence-electron chi connectivity index (χ2n) is 4.05. The Hall–Kier alpha value is -2.26. The number of nitrogens with zero attached hydrogens (tertiary/aromatic N) is 1. The minimum atomic E-state index is 0.145. The highest BCUT2D eigenvalue weighted by molar-refractivity contribution is 6.30. The monoisotopic (exact) mass is 271 g/mol. The molecule has 1 N–H and O–H groups in total. The maximum Gasteiger partial charge on any atom is 0.230 e. The summed E-state index contributed by atoms with van der Waals surface area (Å²) in [5.41, 5.74) is 1.46. The van der Waals surface area contributed by atoms with Gasteiger partial charge in [-0.1, -0.05) is 23.7 Å². The summed E-state index contributed by atoms with van der Waals surface area (Å²) in [6.45, 7) is 0. The lowest BCUT2D eigenvalue weighted by Gasteiger charge is -1.99. The fourth-order valence-corrected chi connectivity index (χ4v) is 1.93. The van der Waals surface area contributed by atoms with Crippen LogP contribution in [0.1, 0.15) is 0 Å². The first-order valence-electron chi connectivity index (χ1n) is 5.74. The Balaban J connectivity index is 2.00. The molecule has 0 aliphatic heterocycles. The smallest absolute Gasteiger partial charge is 0.230 e. The van der Waals surface area contributed by atoms with E-state index in [1.165, 1.54) is 0 Å². The molecule has 0 atom stereocenters. The number of phenols is 1. The van der Waals surface area contributed by atoms with Crippen LogP contribution in [-0.2, 0) is 0 Å². The van der Waals surface area contributed by atoms with Gasteiger partial charge in [0.05, 0.1) is 11.8 Å². The maximum absolute atomic E-state index is 9.76. The van der Waals surface area contributed by atoms with Gasteiger partial charge in [0.25, 0.3) is 0 Å². The number of aromatic nitrogens is 1. The molecule has 1 heterocycles. The molecule has 0 aliphatic rings. The predicted octanol–water partition coefficient (Wildman–Crippen LogP) is 4.37. The van der Waals surface area contributed by atoms with Gasteiger partial charge in [-0.15, -0.1) is 0 Å². The molecule has 0 fully saturated rings. The molecule has 3 rings (SSSR count). The van der Waals surface area contributed by atoms with Gasteiger partial charge in [-0.3, -0.25) is 0 Å². The van der Waals surface area contributed by atoms with Crippen LogP contribution in [0.2, 0.25) is 5.02 Å². The van der Waals surface area contributed by atoms with Gasteiger partial charge in [-0.05, 0) is 36.4 Å². The maximum atomic E-state index is 9.76. The van der Waals surface area contributed by atoms with E-state index in [1.807, 2.05) is 18.2 Å². The number of halogens is 1. The molecule has 19 heavy (non-hydrogen) atoms. The molecule has 3 aromatic rings. The summed E-state index contributed by atoms with van der Waals surface area (Å²) >= 11 is 5.84. The van der Waals surface area contributed by atoms with Crippen LogP contribution in [0.4, 0.5) is 0 Å². The summed E-state index contributed by atoms with van der Waals surface area (Å²) in [4.78, 5) is 4.19. The van der Waals surface area contributed by atoms with Crippen LogP contribution < -0.4 is 0 Å². The third kappa shape index (κ3) is 2.33. The Labute approximate surface area is 115 Å². The highest BCUT2D eigenvalue weighted by Crippen LogP contribution is 2.31. The third-order valence-electron chi connectivity index (χ3n) is 2.77. The van der Waals surface area contributed by atoms with E-state index in [-0.39, 0.29) is 5.75 Å². The molecule has 94 valence electrons. The molecule has 3 nitrogen and oxygen atoms in total. The van der Waals surface area contributed by atoms with E-state index >= 15 is 0 Å². The molecule has 0 radical (unpaired) electrons. The van der Waals surface area contributed by atoms with E-state index in [1.54, 1.807) is 36.5 Å². The summed E-state index contributed by atoms with van der Waals surface area (Å²) in [5, 5.41) is 10.4. The molecule has 1 aromatic heterocycles. The lowest BCUT2D eigenvalue weighted by molar-refractivity contribution is 0.473. The number of para-hydroxylation sites is 1. The van der Waals surface area contributed by atoms with Crippen molar-refractivity contribution in [2.45, 2.75) is 0 Å². The van der Waals surface area contributed by atoms with Gasteiger partial charge in [-0.25, -0.2) is 4.98 Å². The standard InChI is InChI=1S/C15H10ClNO2/c16-11-7-5-10(6-8-11)14-9-17-15(19-14)12-3-1-2-4-13(12)18/h1-9,18H. The average Bonchev–Trinajstić information content (AvgIpc) is 2.89. The quantitative estimate of drug-likeness (QED) is 0.753. The van der Waals surface area contributed by atoms with E-state index in [0.717, 1.165) is 5.56 Å². The largest absolute Gasteiger partial charge is 0.507 e. The number of hydrogen-bond donors (Lipinski definition) is 1. The summed E-state index contributed by atoms with van der Waals surface area (Å²) in [5.74, 6) is 1.17. The zero-order valence-electron chi connectivity index (χ0n) is 9.88. The van der Waals surface area contributed by atoms with Crippen LogP contribution in [0.15, 0.2) is 59.1 Å². The topological polar surface area (TPSA) is 46.3 Å². The molecule has 2 aromatic carbocycles. The lowest BCUT2D eigenvalue weighted by Crippen LogP contribution is -1.77. The van der Waals surface area contributed by atoms with E-state index in [4.69, 9.17) is 16.0 Å². The lowest BCUT2D eigenvalue weighted by atomic mass is 10.2. The van der Waals surface area contributed by atoms with Crippen molar-refractivity contribution in [1.82, 2.24) is 4.98 Å². The molecule has 0 bridgehead atoms. The summed E-state index contributed by atoms with van der Waals surface area (Å²) < 4.78 is 5.66. The fraction of sp³-hybridized carbons (Fsp3) is 0. The van der Waals surface area contributed by atoms with Gasteiger partial charge in [0, 0.05) is 10.6 Å². The van der Waals surface area contributed by atoms with Crippen LogP contribution >= 0.6 is 11.6 Å². The zero-order valence-corrected chi connectivity index (χ0v) is 10.6. The fourth-order valence-electron chi connectivity index (χ4n) is 1.80. The molecule has 0 amide bonds. The van der Waals surface area contributed by atoms with Gasteiger partial charge in [0.15, 0.2) is 5.76 Å². The first kappa shape index (κ1) is 11.8. The number of aromatic hydroxyl groups is 1. The number of rotatable bonds is 2. The van der Waals surface area contributed by atoms with Crippen molar-refractivity contribution in [2.75, 3.05) is 0 Å². The Morgan fingerprint density at radius 2 is 1.74 bits per heavy atom. The van der Waals surface area contributed by atoms with E-state index < -0.39 is 0 Å². The SMILES string of the molecule is Oc1ccccc1-c1ncc(-c2ccc(Cl)cc2)o1. The summed E-state index contributed by atoms with van der Waals surface area (Å²) in [7, 11) is 0. The number of hydrogen-bond acceptors (Lipinski definition) is 3. The Morgan fingerprint density at radius 3 is 2.47 bits per heavy atom. The summed E-state index contributed by atoms with van der Waals surface area (Å²) in [6, 6.07) is 14.2. The molecular weight excluding hydrogens is 262 g/mol. The highest BCUT2D eigenvalue weighted by atomic mass is 35.5. The van der Waals surface area contributed by atoms with Crippen molar-refractivity contribution in [1.29, 1.82) is 0 Å². The normalized spacial score (nSPS) is 10.6. The molecular formula is C15H10ClNO2. The first-order valence-corrected chi connectivity index (χ1v) is 6.12. The molecule has 0 saturated heterocycles. The van der Waals surface area contributed by atoms with E-state index in [9.17, 15) is 5.11 Å². The second-order valence-corrected chi connectivity index (χ2v) is 4.49. The van der Waals surface area contributed by atoms with Gasteiger partial charge in [-0.2, -0.15) is 0 Å². The molecule has 4 heteroatoms. The van der Waals surface area contributed by atoms with Crippen molar-refractivity contribution >= 4 is 11.6 Å². The average molecular weight is 272 g/mol. The van der Waals surface area contributed by atoms with Gasteiger partial charge in [0.2, 0.25) is 5.89 Å². The Morgan fingerprint density at radius 1 is 1.00 bits per heavy atom. The van der Waals surface area contributed by atoms with Gasteiger partial charge < -0.3 is 9.52 Å². The number of phenolic OH excluding ortho intramolecular Hbond substituents is 1. The minimum Gasteiger partial charge on any atom is -0.507 e. The van der Waals surface area contributed by atoms with Crippen molar-refractivity contribution < 1.29 is 9.52 Å². The van der Waals surface area contributed by atoms with Crippen LogP contribution in [-0.4, -0.2) is 10.1 Å². The van der Waals surface area contributed by atoms with Crippen molar-refractivity contribution in [3.05, 3.63) is 59.8 Å². The van der Waals surface area contributed by atoms with Gasteiger partial charge >= 0.3 is 0 Å². The second kappa shape index (κ2) is 4.78. The zero-order chi connectivity index (χ0) is 13.2. The van der Waals surface area contributed by atoms with Crippen LogP contribution in [0.25, 0.3) is 22.8 Å². The van der Waals surface area contributed by atoms with Crippen molar-refractivity contribution in [3.63, 3.8) is 0 Å². The van der Waals surface area contributed by atoms with Crippen LogP contribution in [0.5, 0.6) is 5.75 Å². The highest BCUT2D eigenvalue weighted by Gasteiger charge is 2.11. The number of benzene rings is 2. The first-order chi connectivity index (χ1) is 9.24. The molecule has 0 aliphatic carbocycles. The Bertz CT molecular complexity index is 704. The van der Waals surface area contributed by atoms with E-state index in [2.05, 4.69) is 4.98 Å². The summed E-state index contributed by atoms with van der Waals surface area (Å²) in [6.07, 6.45) is 1.63. The third-order valence-corrected chi connectivity index (χ3v) is 3.02. The number of oxazole rings is 1. The van der Waals surface area contributed by atoms with E-state index in [0.29, 0.717) is 22.2 Å². The predicted molar refractivity (Wildman–Crippen MR) is 74.0 cm³/mol. The minimum absolute atomic E-state index is 0.145. The van der Waals surface area contributed by atoms with Gasteiger partial charge in [0.1, 0.15) is 5.75 Å². The van der Waals surface area contributed by atoms with Crippen LogP contribution in [0, 0.1) is 0 Å². The molecule has 0 spiro atoms. The molecule has 0 saturated carbocycles. The molecule has 0 unspecified atom stereocenters.